The van der Waals surface area contributed by atoms with Gasteiger partial charge in [0, 0.05) is 0 Å². The van der Waals surface area contributed by atoms with Crippen LogP contribution in [0.4, 0.5) is 0 Å². The molecule has 62 valence electrons. The van der Waals surface area contributed by atoms with E-state index in [2.05, 4.69) is 0 Å². The topological polar surface area (TPSA) is 71.4 Å². The number of aliphatic carboxylic acids is 1. The fourth-order valence-corrected chi connectivity index (χ4v) is 2.35. The predicted molar refractivity (Wildman–Crippen MR) is 39.0 cm³/mol. The van der Waals surface area contributed by atoms with Gasteiger partial charge < -0.3 is 5.11 Å². The van der Waals surface area contributed by atoms with Crippen molar-refractivity contribution in [2.24, 2.45) is 0 Å². The lowest BCUT2D eigenvalue weighted by atomic mass is 10.2. The van der Waals surface area contributed by atoms with Crippen molar-refractivity contribution in [2.75, 3.05) is 11.5 Å². The van der Waals surface area contributed by atoms with Gasteiger partial charge >= 0.3 is 5.97 Å². The second-order valence-electron chi connectivity index (χ2n) is 2.49. The van der Waals surface area contributed by atoms with E-state index in [0.717, 1.165) is 0 Å². The van der Waals surface area contributed by atoms with Gasteiger partial charge in [0.25, 0.3) is 0 Å². The van der Waals surface area contributed by atoms with Crippen LogP contribution in [0.1, 0.15) is 6.42 Å². The van der Waals surface area contributed by atoms with Crippen LogP contribution < -0.4 is 0 Å². The fraction of sp³-hybridized carbons (Fsp3) is 0.500. The van der Waals surface area contributed by atoms with Crippen LogP contribution in [0.15, 0.2) is 11.6 Å². The number of carbonyl (C=O) groups is 1. The Kier molecular flexibility index (Phi) is 1.99. The summed E-state index contributed by atoms with van der Waals surface area (Å²) in [5.74, 6) is -1.07. The number of rotatable bonds is 2. The van der Waals surface area contributed by atoms with Gasteiger partial charge in [0.15, 0.2) is 9.84 Å². The first-order valence-electron chi connectivity index (χ1n) is 3.10. The molecule has 0 aromatic rings. The third-order valence-corrected chi connectivity index (χ3v) is 2.89. The van der Waals surface area contributed by atoms with E-state index in [1.807, 2.05) is 0 Å². The zero-order valence-corrected chi connectivity index (χ0v) is 6.60. The van der Waals surface area contributed by atoms with Crippen molar-refractivity contribution in [3.8, 4) is 0 Å². The van der Waals surface area contributed by atoms with Crippen LogP contribution >= 0.6 is 0 Å². The average molecular weight is 176 g/mol. The highest BCUT2D eigenvalue weighted by Gasteiger charge is 2.20. The molecule has 0 aromatic heterocycles. The summed E-state index contributed by atoms with van der Waals surface area (Å²) in [4.78, 5) is 10.1. The molecule has 1 N–H and O–H groups in total. The van der Waals surface area contributed by atoms with Gasteiger partial charge in [-0.15, -0.1) is 0 Å². The van der Waals surface area contributed by atoms with E-state index in [9.17, 15) is 13.2 Å². The van der Waals surface area contributed by atoms with E-state index in [4.69, 9.17) is 5.11 Å². The Balaban J connectivity index is 2.61. The van der Waals surface area contributed by atoms with Crippen molar-refractivity contribution in [2.45, 2.75) is 6.42 Å². The highest BCUT2D eigenvalue weighted by molar-refractivity contribution is 7.92. The molecule has 0 fully saturated rings. The molecular formula is C6H8O4S. The molecule has 0 amide bonds. The minimum atomic E-state index is -3.00. The molecule has 0 unspecified atom stereocenters. The Morgan fingerprint density at radius 1 is 1.64 bits per heavy atom. The van der Waals surface area contributed by atoms with Crippen molar-refractivity contribution in [1.82, 2.24) is 0 Å². The monoisotopic (exact) mass is 176 g/mol. The standard InChI is InChI=1S/C6H8O4S/c7-6(8)3-5-1-2-11(9,10)4-5/h1H,2-4H2,(H,7,8). The van der Waals surface area contributed by atoms with Crippen LogP contribution in [0.2, 0.25) is 0 Å². The van der Waals surface area contributed by atoms with E-state index in [1.54, 1.807) is 0 Å². The molecule has 1 aliphatic rings. The number of hydrogen-bond acceptors (Lipinski definition) is 3. The van der Waals surface area contributed by atoms with E-state index in [1.165, 1.54) is 6.08 Å². The van der Waals surface area contributed by atoms with Crippen molar-refractivity contribution >= 4 is 15.8 Å². The highest BCUT2D eigenvalue weighted by Crippen LogP contribution is 2.13. The lowest BCUT2D eigenvalue weighted by Gasteiger charge is -1.93. The largest absolute Gasteiger partial charge is 0.481 e. The van der Waals surface area contributed by atoms with Crippen LogP contribution in [0.25, 0.3) is 0 Å². The first-order valence-corrected chi connectivity index (χ1v) is 4.92. The molecule has 0 atom stereocenters. The molecule has 1 rings (SSSR count). The molecule has 0 spiro atoms. The fourth-order valence-electron chi connectivity index (χ4n) is 0.963. The van der Waals surface area contributed by atoms with Gasteiger partial charge in [-0.3, -0.25) is 4.79 Å². The van der Waals surface area contributed by atoms with Crippen molar-refractivity contribution in [1.29, 1.82) is 0 Å². The Hall–Kier alpha value is -0.840. The van der Waals surface area contributed by atoms with Gasteiger partial charge in [-0.2, -0.15) is 0 Å². The van der Waals surface area contributed by atoms with E-state index < -0.39 is 15.8 Å². The molecular weight excluding hydrogens is 168 g/mol. The molecule has 4 nitrogen and oxygen atoms in total. The summed E-state index contributed by atoms with van der Waals surface area (Å²) < 4.78 is 21.6. The van der Waals surface area contributed by atoms with E-state index in [-0.39, 0.29) is 17.9 Å². The molecule has 0 radical (unpaired) electrons. The minimum absolute atomic E-state index is 0.00435. The maximum atomic E-state index is 10.8. The number of carboxylic acids is 1. The first kappa shape index (κ1) is 8.26. The minimum Gasteiger partial charge on any atom is -0.481 e. The summed E-state index contributed by atoms with van der Waals surface area (Å²) in [5.41, 5.74) is 0.498. The van der Waals surface area contributed by atoms with Gasteiger partial charge in [-0.1, -0.05) is 6.08 Å². The van der Waals surface area contributed by atoms with Crippen molar-refractivity contribution in [3.05, 3.63) is 11.6 Å². The molecule has 0 aromatic carbocycles. The van der Waals surface area contributed by atoms with Gasteiger partial charge in [-0.05, 0) is 5.57 Å². The Labute approximate surface area is 64.4 Å². The first-order chi connectivity index (χ1) is 4.99. The number of sulfone groups is 1. The molecule has 0 saturated carbocycles. The Bertz CT molecular complexity index is 299. The summed E-state index contributed by atoms with van der Waals surface area (Å²) in [7, 11) is -3.00. The van der Waals surface area contributed by atoms with Crippen LogP contribution in [0.5, 0.6) is 0 Å². The third kappa shape index (κ3) is 2.34. The molecule has 0 aliphatic carbocycles. The highest BCUT2D eigenvalue weighted by atomic mass is 32.2. The maximum Gasteiger partial charge on any atom is 0.307 e. The van der Waals surface area contributed by atoms with Crippen LogP contribution in [-0.2, 0) is 14.6 Å². The van der Waals surface area contributed by atoms with Gasteiger partial charge in [0.2, 0.25) is 0 Å². The summed E-state index contributed by atoms with van der Waals surface area (Å²) >= 11 is 0. The van der Waals surface area contributed by atoms with Crippen LogP contribution in [0, 0.1) is 0 Å². The van der Waals surface area contributed by atoms with Crippen LogP contribution in [0.3, 0.4) is 0 Å². The smallest absolute Gasteiger partial charge is 0.307 e. The summed E-state index contributed by atoms with van der Waals surface area (Å²) in [5, 5.41) is 8.31. The van der Waals surface area contributed by atoms with Crippen LogP contribution in [-0.4, -0.2) is 31.0 Å². The van der Waals surface area contributed by atoms with Crippen molar-refractivity contribution < 1.29 is 18.3 Å². The van der Waals surface area contributed by atoms with Gasteiger partial charge in [-0.25, -0.2) is 8.42 Å². The van der Waals surface area contributed by atoms with E-state index in [0.29, 0.717) is 5.57 Å². The molecule has 1 heterocycles. The average Bonchev–Trinajstić information content (AvgIpc) is 2.08. The zero-order valence-electron chi connectivity index (χ0n) is 5.78. The molecule has 0 bridgehead atoms. The van der Waals surface area contributed by atoms with E-state index >= 15 is 0 Å². The van der Waals surface area contributed by atoms with Crippen molar-refractivity contribution in [3.63, 3.8) is 0 Å². The number of hydrogen-bond donors (Lipinski definition) is 1. The lowest BCUT2D eigenvalue weighted by molar-refractivity contribution is -0.136. The lowest BCUT2D eigenvalue weighted by Crippen LogP contribution is -2.05. The maximum absolute atomic E-state index is 10.8. The summed E-state index contributed by atoms with van der Waals surface area (Å²) in [6.07, 6.45) is 1.32. The number of carboxylic acid groups (broad SMARTS) is 1. The SMILES string of the molecule is O=C(O)CC1=CCS(=O)(=O)C1. The second-order valence-corrected chi connectivity index (χ2v) is 4.60. The quantitative estimate of drug-likeness (QED) is 0.592. The predicted octanol–water partition coefficient (Wildman–Crippen LogP) is -0.184. The summed E-state index contributed by atoms with van der Waals surface area (Å²) in [6.45, 7) is 0. The van der Waals surface area contributed by atoms with Gasteiger partial charge in [0.05, 0.1) is 17.9 Å². The molecule has 1 aliphatic heterocycles. The molecule has 5 heteroatoms. The normalized spacial score (nSPS) is 21.3. The molecule has 11 heavy (non-hydrogen) atoms. The molecule has 0 saturated heterocycles. The Morgan fingerprint density at radius 3 is 2.64 bits per heavy atom. The summed E-state index contributed by atoms with van der Waals surface area (Å²) in [6, 6.07) is 0. The third-order valence-electron chi connectivity index (χ3n) is 1.41. The second kappa shape index (κ2) is 2.65. The Morgan fingerprint density at radius 2 is 2.27 bits per heavy atom. The zero-order chi connectivity index (χ0) is 8.48. The van der Waals surface area contributed by atoms with Gasteiger partial charge in [0.1, 0.15) is 0 Å².